The lowest BCUT2D eigenvalue weighted by atomic mass is 9.99. The van der Waals surface area contributed by atoms with Crippen LogP contribution >= 0.6 is 23.8 Å². The molecule has 5 fully saturated rings. The summed E-state index contributed by atoms with van der Waals surface area (Å²) in [5.41, 5.74) is 5.86. The van der Waals surface area contributed by atoms with E-state index in [0.717, 1.165) is 0 Å². The largest absolute Gasteiger partial charge is 0.104 e. The third kappa shape index (κ3) is 10.2. The van der Waals surface area contributed by atoms with Gasteiger partial charge in [0.25, 0.3) is 0 Å². The normalized spacial score (nSPS) is 26.2. The van der Waals surface area contributed by atoms with Gasteiger partial charge in [0.2, 0.25) is 0 Å². The van der Waals surface area contributed by atoms with Crippen LogP contribution in [0.3, 0.4) is 0 Å². The molecule has 0 saturated heterocycles. The van der Waals surface area contributed by atoms with Crippen molar-refractivity contribution in [3.05, 3.63) is 0 Å². The molecule has 5 saturated carbocycles. The maximum atomic E-state index is 1.69. The van der Waals surface area contributed by atoms with Gasteiger partial charge >= 0.3 is 0 Å². The van der Waals surface area contributed by atoms with Crippen LogP contribution in [0.2, 0.25) is 0 Å². The molecule has 0 atom stereocenters. The molecule has 226 valence electrons. The Labute approximate surface area is 249 Å². The zero-order valence-corrected chi connectivity index (χ0v) is 28.8. The molecule has 0 bridgehead atoms. The average molecular weight is 593 g/mol. The van der Waals surface area contributed by atoms with Gasteiger partial charge < -0.3 is 0 Å². The topological polar surface area (TPSA) is 0 Å². The Balaban J connectivity index is 1.16. The molecule has 0 aromatic heterocycles. The van der Waals surface area contributed by atoms with Crippen molar-refractivity contribution < 1.29 is 0 Å². The van der Waals surface area contributed by atoms with Crippen molar-refractivity contribution in [2.24, 2.45) is 0 Å². The van der Waals surface area contributed by atoms with Gasteiger partial charge in [0.15, 0.2) is 0 Å². The molecule has 3 heteroatoms. The van der Waals surface area contributed by atoms with Crippen LogP contribution in [0.5, 0.6) is 0 Å². The van der Waals surface area contributed by atoms with Crippen LogP contribution < -0.4 is 0 Å². The Hall–Kier alpha value is 1.29. The predicted molar refractivity (Wildman–Crippen MR) is 184 cm³/mol. The van der Waals surface area contributed by atoms with E-state index in [9.17, 15) is 0 Å². The highest BCUT2D eigenvalue weighted by Crippen LogP contribution is 2.59. The first-order valence-electron chi connectivity index (χ1n) is 18.6. The quantitative estimate of drug-likeness (QED) is 0.187. The van der Waals surface area contributed by atoms with Crippen LogP contribution in [0.4, 0.5) is 0 Å². The molecule has 0 aromatic carbocycles. The highest BCUT2D eigenvalue weighted by atomic mass is 31.1. The SMILES string of the molecule is C1CCC(P(CCCP(C2CCCCC2)C2CCCCC2)CCCP(C2CCCCC2)C2CCCCC2)CC1. The van der Waals surface area contributed by atoms with Crippen molar-refractivity contribution in [2.75, 3.05) is 24.6 Å². The van der Waals surface area contributed by atoms with Crippen LogP contribution in [-0.2, 0) is 0 Å². The highest BCUT2D eigenvalue weighted by Gasteiger charge is 2.33. The summed E-state index contributed by atoms with van der Waals surface area (Å²) >= 11 is 0. The van der Waals surface area contributed by atoms with E-state index in [2.05, 4.69) is 0 Å². The summed E-state index contributed by atoms with van der Waals surface area (Å²) in [6, 6.07) is 0. The fourth-order valence-corrected chi connectivity index (χ4v) is 21.3. The maximum Gasteiger partial charge on any atom is -0.0207 e. The van der Waals surface area contributed by atoms with E-state index in [4.69, 9.17) is 0 Å². The third-order valence-corrected chi connectivity index (χ3v) is 22.8. The van der Waals surface area contributed by atoms with Gasteiger partial charge in [0.1, 0.15) is 0 Å². The van der Waals surface area contributed by atoms with Gasteiger partial charge in [-0.05, 0) is 130 Å². The van der Waals surface area contributed by atoms with Crippen molar-refractivity contribution in [1.29, 1.82) is 0 Å². The van der Waals surface area contributed by atoms with Crippen LogP contribution in [0, 0.1) is 0 Å². The second-order valence-electron chi connectivity index (χ2n) is 14.7. The van der Waals surface area contributed by atoms with E-state index < -0.39 is 0 Å². The highest BCUT2D eigenvalue weighted by molar-refractivity contribution is 7.60. The van der Waals surface area contributed by atoms with Gasteiger partial charge in [-0.3, -0.25) is 0 Å². The van der Waals surface area contributed by atoms with E-state index in [1.165, 1.54) is 28.3 Å². The zero-order chi connectivity index (χ0) is 26.5. The Morgan fingerprint density at radius 2 is 0.538 bits per heavy atom. The third-order valence-electron chi connectivity index (χ3n) is 12.0. The molecule has 5 aliphatic rings. The molecule has 0 aliphatic heterocycles. The van der Waals surface area contributed by atoms with Crippen molar-refractivity contribution in [3.8, 4) is 0 Å². The molecule has 0 aromatic rings. The Bertz CT molecular complexity index is 539. The Morgan fingerprint density at radius 3 is 0.821 bits per heavy atom. The first kappa shape index (κ1) is 31.7. The summed E-state index contributed by atoms with van der Waals surface area (Å²) < 4.78 is 0. The van der Waals surface area contributed by atoms with E-state index in [-0.39, 0.29) is 0 Å². The van der Waals surface area contributed by atoms with Crippen LogP contribution in [0.15, 0.2) is 0 Å². The van der Waals surface area contributed by atoms with Crippen LogP contribution in [0.25, 0.3) is 0 Å². The summed E-state index contributed by atoms with van der Waals surface area (Å²) in [5, 5.41) is 0. The fourth-order valence-electron chi connectivity index (χ4n) is 9.81. The van der Waals surface area contributed by atoms with Gasteiger partial charge in [-0.15, -0.1) is 23.8 Å². The van der Waals surface area contributed by atoms with E-state index >= 15 is 0 Å². The standard InChI is InChI=1S/C36H67P3/c1-6-18-32(19-7-1)37(28-16-30-38(33-20-8-2-9-21-33)34-22-10-3-11-23-34)29-17-31-39(35-24-12-4-13-25-35)36-26-14-5-15-27-36/h32-36H,1-31H2. The Kier molecular flexibility index (Phi) is 14.8. The molecule has 5 aliphatic carbocycles. The van der Waals surface area contributed by atoms with E-state index in [1.807, 2.05) is 0 Å². The van der Waals surface area contributed by atoms with E-state index in [0.29, 0.717) is 23.8 Å². The summed E-state index contributed by atoms with van der Waals surface area (Å²) in [6.07, 6.45) is 49.6. The zero-order valence-electron chi connectivity index (χ0n) is 26.1. The van der Waals surface area contributed by atoms with Crippen molar-refractivity contribution in [1.82, 2.24) is 0 Å². The summed E-state index contributed by atoms with van der Waals surface area (Å²) in [4.78, 5) is 0. The fraction of sp³-hybridized carbons (Fsp3) is 1.00. The van der Waals surface area contributed by atoms with Gasteiger partial charge in [-0.25, -0.2) is 0 Å². The minimum Gasteiger partial charge on any atom is -0.104 e. The lowest BCUT2D eigenvalue weighted by Crippen LogP contribution is -2.23. The summed E-state index contributed by atoms with van der Waals surface area (Å²) in [6.45, 7) is 0. The molecule has 0 N–H and O–H groups in total. The molecular weight excluding hydrogens is 525 g/mol. The Morgan fingerprint density at radius 1 is 0.282 bits per heavy atom. The predicted octanol–water partition coefficient (Wildman–Crippen LogP) is 12.9. The van der Waals surface area contributed by atoms with E-state index in [1.54, 1.807) is 198 Å². The monoisotopic (exact) mass is 592 g/mol. The molecule has 0 unspecified atom stereocenters. The first-order chi connectivity index (χ1) is 19.4. The number of hydrogen-bond acceptors (Lipinski definition) is 0. The average Bonchev–Trinajstić information content (AvgIpc) is 3.02. The van der Waals surface area contributed by atoms with Gasteiger partial charge in [0.05, 0.1) is 0 Å². The molecule has 0 nitrogen and oxygen atoms in total. The van der Waals surface area contributed by atoms with Crippen LogP contribution in [0.1, 0.15) is 173 Å². The molecule has 0 radical (unpaired) electrons. The van der Waals surface area contributed by atoms with Crippen molar-refractivity contribution >= 4 is 23.8 Å². The molecular formula is C36H67P3. The van der Waals surface area contributed by atoms with Crippen LogP contribution in [-0.4, -0.2) is 52.9 Å². The van der Waals surface area contributed by atoms with Gasteiger partial charge in [-0.1, -0.05) is 96.3 Å². The molecule has 0 heterocycles. The summed E-state index contributed by atoms with van der Waals surface area (Å²) in [5.74, 6) is 0. The maximum absolute atomic E-state index is 1.69. The summed E-state index contributed by atoms with van der Waals surface area (Å²) in [7, 11) is 0.966. The first-order valence-corrected chi connectivity index (χ1v) is 23.8. The van der Waals surface area contributed by atoms with Crippen molar-refractivity contribution in [3.63, 3.8) is 0 Å². The van der Waals surface area contributed by atoms with Gasteiger partial charge in [0, 0.05) is 0 Å². The van der Waals surface area contributed by atoms with Crippen molar-refractivity contribution in [2.45, 2.75) is 202 Å². The lowest BCUT2D eigenvalue weighted by Gasteiger charge is -2.40. The second-order valence-corrected chi connectivity index (χ2v) is 23.4. The van der Waals surface area contributed by atoms with Gasteiger partial charge in [-0.2, -0.15) is 0 Å². The molecule has 5 rings (SSSR count). The molecule has 0 spiro atoms. The number of hydrogen-bond donors (Lipinski definition) is 0. The molecule has 0 amide bonds. The molecule has 39 heavy (non-hydrogen) atoms. The smallest absolute Gasteiger partial charge is 0.0207 e. The lowest BCUT2D eigenvalue weighted by molar-refractivity contribution is 0.484. The minimum atomic E-state index is 0.311. The number of rotatable bonds is 13. The second kappa shape index (κ2) is 18.2. The minimum absolute atomic E-state index is 0.311.